The van der Waals surface area contributed by atoms with Crippen LogP contribution >= 0.6 is 0 Å². The molecule has 0 saturated heterocycles. The largest absolute Gasteiger partial charge is 0.491 e. The molecule has 0 unspecified atom stereocenters. The van der Waals surface area contributed by atoms with Gasteiger partial charge >= 0.3 is 0 Å². The van der Waals surface area contributed by atoms with E-state index in [0.717, 1.165) is 45.1 Å². The standard InChI is InChI=1S/C31H34F4O3/c1-3-5-18-37-23-11-6-20(7-12-23)25-15-16-26(30(34)29(25)33)21-8-13-24(14-9-21)38-19-22-10-17-27(36-4-2)31(35)28(22)32/h8-10,13-17,20,23H,3-7,11-12,18-19H2,1-2H3. The molecule has 7 heteroatoms. The van der Waals surface area contributed by atoms with Crippen LogP contribution in [-0.2, 0) is 11.3 Å². The van der Waals surface area contributed by atoms with Crippen LogP contribution < -0.4 is 9.47 Å². The van der Waals surface area contributed by atoms with E-state index in [-0.39, 0.29) is 42.1 Å². The van der Waals surface area contributed by atoms with Crippen LogP contribution in [0.5, 0.6) is 11.5 Å². The lowest BCUT2D eigenvalue weighted by Gasteiger charge is -2.29. The highest BCUT2D eigenvalue weighted by Gasteiger charge is 2.27. The van der Waals surface area contributed by atoms with Gasteiger partial charge < -0.3 is 14.2 Å². The summed E-state index contributed by atoms with van der Waals surface area (Å²) in [5.41, 5.74) is 1.11. The van der Waals surface area contributed by atoms with Crippen molar-refractivity contribution in [3.63, 3.8) is 0 Å². The van der Waals surface area contributed by atoms with E-state index in [1.54, 1.807) is 43.3 Å². The summed E-state index contributed by atoms with van der Waals surface area (Å²) in [6, 6.07) is 12.5. The first-order chi connectivity index (χ1) is 18.4. The number of ether oxygens (including phenoxy) is 3. The van der Waals surface area contributed by atoms with Gasteiger partial charge in [0.05, 0.1) is 12.7 Å². The minimum absolute atomic E-state index is 0.0202. The van der Waals surface area contributed by atoms with Gasteiger partial charge in [0, 0.05) is 17.7 Å². The SMILES string of the molecule is CCCCOC1CCC(c2ccc(-c3ccc(OCc4ccc(OCC)c(F)c4F)cc3)c(F)c2F)CC1. The zero-order chi connectivity index (χ0) is 27.1. The lowest BCUT2D eigenvalue weighted by molar-refractivity contribution is 0.0230. The zero-order valence-corrected chi connectivity index (χ0v) is 21.9. The Kier molecular flexibility index (Phi) is 9.67. The molecular weight excluding hydrogens is 496 g/mol. The zero-order valence-electron chi connectivity index (χ0n) is 21.9. The Labute approximate surface area is 221 Å². The van der Waals surface area contributed by atoms with Gasteiger partial charge in [0.15, 0.2) is 23.2 Å². The van der Waals surface area contributed by atoms with Crippen molar-refractivity contribution in [2.75, 3.05) is 13.2 Å². The normalized spacial score (nSPS) is 17.4. The molecular formula is C31H34F4O3. The predicted octanol–water partition coefficient (Wildman–Crippen LogP) is 8.73. The van der Waals surface area contributed by atoms with Gasteiger partial charge in [0.2, 0.25) is 5.82 Å². The van der Waals surface area contributed by atoms with E-state index in [2.05, 4.69) is 6.92 Å². The van der Waals surface area contributed by atoms with Crippen LogP contribution in [0.4, 0.5) is 17.6 Å². The molecule has 3 aromatic carbocycles. The number of hydrogen-bond donors (Lipinski definition) is 0. The smallest absolute Gasteiger partial charge is 0.201 e. The molecule has 0 radical (unpaired) electrons. The molecule has 38 heavy (non-hydrogen) atoms. The highest BCUT2D eigenvalue weighted by molar-refractivity contribution is 5.65. The fourth-order valence-corrected chi connectivity index (χ4v) is 4.88. The van der Waals surface area contributed by atoms with Crippen molar-refractivity contribution in [1.29, 1.82) is 0 Å². The molecule has 0 N–H and O–H groups in total. The summed E-state index contributed by atoms with van der Waals surface area (Å²) in [6.07, 6.45) is 5.59. The highest BCUT2D eigenvalue weighted by Crippen LogP contribution is 2.38. The second-order valence-electron chi connectivity index (χ2n) is 9.63. The van der Waals surface area contributed by atoms with Gasteiger partial charge in [-0.15, -0.1) is 0 Å². The number of rotatable bonds is 11. The Morgan fingerprint density at radius 1 is 0.737 bits per heavy atom. The van der Waals surface area contributed by atoms with Gasteiger partial charge in [0.25, 0.3) is 0 Å². The maximum absolute atomic E-state index is 15.1. The maximum Gasteiger partial charge on any atom is 0.201 e. The molecule has 3 nitrogen and oxygen atoms in total. The molecule has 1 aliphatic rings. The van der Waals surface area contributed by atoms with Crippen molar-refractivity contribution in [2.45, 2.75) is 71.0 Å². The van der Waals surface area contributed by atoms with Crippen molar-refractivity contribution in [1.82, 2.24) is 0 Å². The van der Waals surface area contributed by atoms with Crippen molar-refractivity contribution in [2.24, 2.45) is 0 Å². The van der Waals surface area contributed by atoms with E-state index in [0.29, 0.717) is 16.9 Å². The molecule has 3 aromatic rings. The minimum Gasteiger partial charge on any atom is -0.491 e. The van der Waals surface area contributed by atoms with Crippen LogP contribution in [-0.4, -0.2) is 19.3 Å². The van der Waals surface area contributed by atoms with Gasteiger partial charge in [0.1, 0.15) is 12.4 Å². The van der Waals surface area contributed by atoms with Gasteiger partial charge in [-0.3, -0.25) is 0 Å². The third-order valence-electron chi connectivity index (χ3n) is 7.06. The van der Waals surface area contributed by atoms with Crippen molar-refractivity contribution in [3.8, 4) is 22.6 Å². The van der Waals surface area contributed by atoms with Crippen molar-refractivity contribution >= 4 is 0 Å². The van der Waals surface area contributed by atoms with Crippen molar-refractivity contribution < 1.29 is 31.8 Å². The molecule has 1 aliphatic carbocycles. The number of hydrogen-bond acceptors (Lipinski definition) is 3. The predicted molar refractivity (Wildman–Crippen MR) is 140 cm³/mol. The van der Waals surface area contributed by atoms with E-state index >= 15 is 8.78 Å². The molecule has 0 heterocycles. The quantitative estimate of drug-likeness (QED) is 0.183. The number of benzene rings is 3. The molecule has 0 bridgehead atoms. The second-order valence-corrected chi connectivity index (χ2v) is 9.63. The minimum atomic E-state index is -1.06. The average molecular weight is 531 g/mol. The summed E-state index contributed by atoms with van der Waals surface area (Å²) in [5.74, 6) is -3.54. The van der Waals surface area contributed by atoms with Crippen LogP contribution in [0.3, 0.4) is 0 Å². The molecule has 0 atom stereocenters. The molecule has 204 valence electrons. The fourth-order valence-electron chi connectivity index (χ4n) is 4.88. The van der Waals surface area contributed by atoms with E-state index < -0.39 is 23.3 Å². The molecule has 1 fully saturated rings. The van der Waals surface area contributed by atoms with Crippen LogP contribution in [0.2, 0.25) is 0 Å². The average Bonchev–Trinajstić information content (AvgIpc) is 2.93. The molecule has 0 aromatic heterocycles. The Morgan fingerprint density at radius 3 is 2.16 bits per heavy atom. The van der Waals surface area contributed by atoms with Crippen LogP contribution in [0.15, 0.2) is 48.5 Å². The number of halogens is 4. The van der Waals surface area contributed by atoms with Gasteiger partial charge in [-0.1, -0.05) is 37.6 Å². The van der Waals surface area contributed by atoms with E-state index in [9.17, 15) is 8.78 Å². The monoisotopic (exact) mass is 530 g/mol. The summed E-state index contributed by atoms with van der Waals surface area (Å²) in [7, 11) is 0. The summed E-state index contributed by atoms with van der Waals surface area (Å²) >= 11 is 0. The van der Waals surface area contributed by atoms with Crippen LogP contribution in [0.25, 0.3) is 11.1 Å². The molecule has 0 aliphatic heterocycles. The third-order valence-corrected chi connectivity index (χ3v) is 7.06. The Balaban J connectivity index is 1.39. The molecule has 0 spiro atoms. The first kappa shape index (κ1) is 28.0. The molecule has 4 rings (SSSR count). The van der Waals surface area contributed by atoms with Gasteiger partial charge in [-0.25, -0.2) is 13.2 Å². The second kappa shape index (κ2) is 13.1. The maximum atomic E-state index is 15.1. The van der Waals surface area contributed by atoms with Gasteiger partial charge in [-0.2, -0.15) is 4.39 Å². The first-order valence-electron chi connectivity index (χ1n) is 13.3. The summed E-state index contributed by atoms with van der Waals surface area (Å²) in [4.78, 5) is 0. The summed E-state index contributed by atoms with van der Waals surface area (Å²) < 4.78 is 75.1. The highest BCUT2D eigenvalue weighted by atomic mass is 19.2. The first-order valence-corrected chi connectivity index (χ1v) is 13.3. The van der Waals surface area contributed by atoms with Gasteiger partial charge in [-0.05, 0) is 80.3 Å². The van der Waals surface area contributed by atoms with Crippen molar-refractivity contribution in [3.05, 3.63) is 82.9 Å². The topological polar surface area (TPSA) is 27.7 Å². The number of unbranched alkanes of at least 4 members (excludes halogenated alkanes) is 1. The molecule has 1 saturated carbocycles. The van der Waals surface area contributed by atoms with Crippen LogP contribution in [0.1, 0.15) is 69.4 Å². The van der Waals surface area contributed by atoms with E-state index in [1.807, 2.05) is 0 Å². The lowest BCUT2D eigenvalue weighted by Crippen LogP contribution is -2.22. The Hall–Kier alpha value is -3.06. The lowest BCUT2D eigenvalue weighted by atomic mass is 9.82. The van der Waals surface area contributed by atoms with E-state index in [1.165, 1.54) is 12.1 Å². The fraction of sp³-hybridized carbons (Fsp3) is 0.419. The Bertz CT molecular complexity index is 1200. The summed E-state index contributed by atoms with van der Waals surface area (Å²) in [6.45, 7) is 4.59. The Morgan fingerprint density at radius 2 is 1.47 bits per heavy atom. The third kappa shape index (κ3) is 6.49. The van der Waals surface area contributed by atoms with E-state index in [4.69, 9.17) is 14.2 Å². The van der Waals surface area contributed by atoms with Crippen LogP contribution in [0, 0.1) is 23.3 Å². The summed E-state index contributed by atoms with van der Waals surface area (Å²) in [5, 5.41) is 0. The molecule has 0 amide bonds.